The van der Waals surface area contributed by atoms with Gasteiger partial charge >= 0.3 is 5.69 Å². The van der Waals surface area contributed by atoms with E-state index < -0.39 is 5.69 Å². The normalized spacial score (nSPS) is 9.00. The Morgan fingerprint density at radius 2 is 1.71 bits per heavy atom. The summed E-state index contributed by atoms with van der Waals surface area (Å²) in [6.07, 6.45) is 2.08. The number of H-pyrrole nitrogens is 2. The largest absolute Gasteiger partial charge is 0.325 e. The van der Waals surface area contributed by atoms with Gasteiger partial charge in [-0.15, -0.1) is 0 Å². The standard InChI is InChI=1S/C7H5ClO.C4H4N2O2/c8-7-3-1-6(5-9)2-4-7;7-3-1-2-5-4(8)6-3/h1-5H;1-2H,(H2,5,6,7,8). The first-order valence-corrected chi connectivity index (χ1v) is 4.98. The van der Waals surface area contributed by atoms with Crippen LogP contribution in [0.25, 0.3) is 0 Å². The van der Waals surface area contributed by atoms with E-state index in [1.54, 1.807) is 24.3 Å². The van der Waals surface area contributed by atoms with Gasteiger partial charge in [-0.05, 0) is 12.1 Å². The van der Waals surface area contributed by atoms with Gasteiger partial charge in [-0.2, -0.15) is 0 Å². The number of carbonyl (C=O) groups is 1. The Bertz CT molecular complexity index is 561. The first kappa shape index (κ1) is 12.9. The van der Waals surface area contributed by atoms with E-state index in [4.69, 9.17) is 11.6 Å². The minimum absolute atomic E-state index is 0.381. The Hall–Kier alpha value is -2.14. The van der Waals surface area contributed by atoms with Crippen LogP contribution in [0.1, 0.15) is 10.4 Å². The lowest BCUT2D eigenvalue weighted by Gasteiger charge is -1.87. The molecule has 0 fully saturated rings. The van der Waals surface area contributed by atoms with Crippen molar-refractivity contribution in [2.45, 2.75) is 0 Å². The highest BCUT2D eigenvalue weighted by Crippen LogP contribution is 2.07. The molecule has 0 amide bonds. The van der Waals surface area contributed by atoms with Gasteiger partial charge in [0.25, 0.3) is 5.56 Å². The number of hydrogen-bond donors (Lipinski definition) is 2. The molecule has 0 bridgehead atoms. The van der Waals surface area contributed by atoms with Gasteiger partial charge in [0.2, 0.25) is 0 Å². The number of hydrogen-bond acceptors (Lipinski definition) is 3. The van der Waals surface area contributed by atoms with Crippen LogP contribution in [0.4, 0.5) is 0 Å². The molecular formula is C11H9ClN2O3. The first-order valence-electron chi connectivity index (χ1n) is 4.60. The van der Waals surface area contributed by atoms with Crippen LogP contribution in [0.15, 0.2) is 46.1 Å². The summed E-state index contributed by atoms with van der Waals surface area (Å²) >= 11 is 5.55. The van der Waals surface area contributed by atoms with Crippen LogP contribution in [0.3, 0.4) is 0 Å². The van der Waals surface area contributed by atoms with E-state index in [0.717, 1.165) is 6.29 Å². The van der Waals surface area contributed by atoms with Crippen molar-refractivity contribution < 1.29 is 4.79 Å². The predicted octanol–water partition coefficient (Wildman–Crippen LogP) is 1.22. The fourth-order valence-electron chi connectivity index (χ4n) is 0.924. The average molecular weight is 253 g/mol. The summed E-state index contributed by atoms with van der Waals surface area (Å²) in [6.45, 7) is 0. The van der Waals surface area contributed by atoms with Crippen molar-refractivity contribution in [3.05, 3.63) is 68.0 Å². The monoisotopic (exact) mass is 252 g/mol. The molecule has 0 saturated heterocycles. The van der Waals surface area contributed by atoms with Gasteiger partial charge < -0.3 is 4.98 Å². The van der Waals surface area contributed by atoms with E-state index in [1.165, 1.54) is 12.3 Å². The van der Waals surface area contributed by atoms with Crippen molar-refractivity contribution in [1.82, 2.24) is 9.97 Å². The minimum atomic E-state index is -0.475. The maximum Gasteiger partial charge on any atom is 0.325 e. The summed E-state index contributed by atoms with van der Waals surface area (Å²) in [5.74, 6) is 0. The zero-order valence-corrected chi connectivity index (χ0v) is 9.40. The number of carbonyl (C=O) groups excluding carboxylic acids is 1. The van der Waals surface area contributed by atoms with Crippen LogP contribution in [0, 0.1) is 0 Å². The van der Waals surface area contributed by atoms with E-state index in [0.29, 0.717) is 10.6 Å². The van der Waals surface area contributed by atoms with Crippen LogP contribution < -0.4 is 11.2 Å². The summed E-state index contributed by atoms with van der Waals surface area (Å²) in [6, 6.07) is 7.96. The van der Waals surface area contributed by atoms with Crippen molar-refractivity contribution in [3.63, 3.8) is 0 Å². The number of aromatic nitrogens is 2. The molecular weight excluding hydrogens is 244 g/mol. The zero-order chi connectivity index (χ0) is 12.7. The van der Waals surface area contributed by atoms with Gasteiger partial charge in [0, 0.05) is 22.8 Å². The van der Waals surface area contributed by atoms with Gasteiger partial charge in [0.15, 0.2) is 0 Å². The highest BCUT2D eigenvalue weighted by Gasteiger charge is 1.86. The van der Waals surface area contributed by atoms with E-state index in [2.05, 4.69) is 4.98 Å². The summed E-state index contributed by atoms with van der Waals surface area (Å²) in [5, 5.41) is 0.653. The Balaban J connectivity index is 0.000000171. The van der Waals surface area contributed by atoms with Gasteiger partial charge in [0.1, 0.15) is 6.29 Å². The Labute approximate surface area is 101 Å². The first-order chi connectivity index (χ1) is 8.11. The smallest absolute Gasteiger partial charge is 0.314 e. The molecule has 1 aromatic carbocycles. The average Bonchev–Trinajstić information content (AvgIpc) is 2.30. The minimum Gasteiger partial charge on any atom is -0.314 e. The highest BCUT2D eigenvalue weighted by molar-refractivity contribution is 6.30. The van der Waals surface area contributed by atoms with Crippen LogP contribution in [0.5, 0.6) is 0 Å². The molecule has 0 spiro atoms. The number of aldehydes is 1. The van der Waals surface area contributed by atoms with Crippen molar-refractivity contribution in [2.24, 2.45) is 0 Å². The Kier molecular flexibility index (Phi) is 4.90. The third-order valence-electron chi connectivity index (χ3n) is 1.69. The molecule has 0 aliphatic rings. The maximum atomic E-state index is 10.2. The molecule has 6 heteroatoms. The SMILES string of the molecule is O=Cc1ccc(Cl)cc1.O=c1cc[nH]c(=O)[nH]1. The molecule has 2 aromatic rings. The maximum absolute atomic E-state index is 10.2. The topological polar surface area (TPSA) is 82.8 Å². The van der Waals surface area contributed by atoms with Crippen LogP contribution in [0.2, 0.25) is 5.02 Å². The second-order valence-electron chi connectivity index (χ2n) is 2.97. The molecule has 1 heterocycles. The lowest BCUT2D eigenvalue weighted by atomic mass is 10.2. The van der Waals surface area contributed by atoms with Crippen LogP contribution >= 0.6 is 11.6 Å². The highest BCUT2D eigenvalue weighted by atomic mass is 35.5. The molecule has 0 aliphatic carbocycles. The van der Waals surface area contributed by atoms with Gasteiger partial charge in [-0.25, -0.2) is 4.79 Å². The van der Waals surface area contributed by atoms with E-state index in [-0.39, 0.29) is 5.56 Å². The predicted molar refractivity (Wildman–Crippen MR) is 64.5 cm³/mol. The quantitative estimate of drug-likeness (QED) is 0.749. The van der Waals surface area contributed by atoms with Crippen molar-refractivity contribution >= 4 is 17.9 Å². The molecule has 0 aliphatic heterocycles. The molecule has 0 radical (unpaired) electrons. The molecule has 88 valence electrons. The Morgan fingerprint density at radius 3 is 2.12 bits per heavy atom. The summed E-state index contributed by atoms with van der Waals surface area (Å²) < 4.78 is 0. The third kappa shape index (κ3) is 4.94. The zero-order valence-electron chi connectivity index (χ0n) is 8.64. The molecule has 0 unspecified atom stereocenters. The third-order valence-corrected chi connectivity index (χ3v) is 1.94. The number of aromatic amines is 2. The number of nitrogens with one attached hydrogen (secondary N) is 2. The fourth-order valence-corrected chi connectivity index (χ4v) is 1.05. The number of benzene rings is 1. The molecule has 5 nitrogen and oxygen atoms in total. The second-order valence-corrected chi connectivity index (χ2v) is 3.40. The van der Waals surface area contributed by atoms with Crippen LogP contribution in [-0.4, -0.2) is 16.3 Å². The Morgan fingerprint density at radius 1 is 1.06 bits per heavy atom. The van der Waals surface area contributed by atoms with Crippen LogP contribution in [-0.2, 0) is 0 Å². The fraction of sp³-hybridized carbons (Fsp3) is 0. The molecule has 2 N–H and O–H groups in total. The summed E-state index contributed by atoms with van der Waals surface area (Å²) in [7, 11) is 0. The number of halogens is 1. The molecule has 0 atom stereocenters. The molecule has 1 aromatic heterocycles. The summed E-state index contributed by atoms with van der Waals surface area (Å²) in [5.41, 5.74) is -0.203. The summed E-state index contributed by atoms with van der Waals surface area (Å²) in [4.78, 5) is 34.7. The van der Waals surface area contributed by atoms with Crippen molar-refractivity contribution in [2.75, 3.05) is 0 Å². The second kappa shape index (κ2) is 6.44. The van der Waals surface area contributed by atoms with E-state index in [9.17, 15) is 14.4 Å². The van der Waals surface area contributed by atoms with Gasteiger partial charge in [-0.1, -0.05) is 23.7 Å². The lowest BCUT2D eigenvalue weighted by molar-refractivity contribution is 0.112. The molecule has 2 rings (SSSR count). The van der Waals surface area contributed by atoms with Crippen molar-refractivity contribution in [3.8, 4) is 0 Å². The molecule has 0 saturated carbocycles. The molecule has 17 heavy (non-hydrogen) atoms. The number of rotatable bonds is 1. The van der Waals surface area contributed by atoms with E-state index >= 15 is 0 Å². The van der Waals surface area contributed by atoms with Gasteiger partial charge in [0.05, 0.1) is 0 Å². The van der Waals surface area contributed by atoms with Gasteiger partial charge in [-0.3, -0.25) is 14.6 Å². The van der Waals surface area contributed by atoms with E-state index in [1.807, 2.05) is 4.98 Å². The van der Waals surface area contributed by atoms with Crippen molar-refractivity contribution in [1.29, 1.82) is 0 Å². The lowest BCUT2D eigenvalue weighted by Crippen LogP contribution is -2.19.